The van der Waals surface area contributed by atoms with Gasteiger partial charge in [-0.2, -0.15) is 11.8 Å². The molecule has 1 fully saturated rings. The van der Waals surface area contributed by atoms with Crippen LogP contribution in [0.4, 0.5) is 0 Å². The molecule has 2 heteroatoms. The van der Waals surface area contributed by atoms with E-state index >= 15 is 0 Å². The van der Waals surface area contributed by atoms with Crippen molar-refractivity contribution in [3.05, 3.63) is 35.9 Å². The van der Waals surface area contributed by atoms with Gasteiger partial charge in [0.25, 0.3) is 0 Å². The molecule has 1 aliphatic heterocycles. The first-order valence-corrected chi connectivity index (χ1v) is 5.76. The van der Waals surface area contributed by atoms with E-state index in [2.05, 4.69) is 54.0 Å². The molecule has 0 unspecified atom stereocenters. The summed E-state index contributed by atoms with van der Waals surface area (Å²) in [5, 5.41) is 0.681. The van der Waals surface area contributed by atoms with Gasteiger partial charge in [-0.3, -0.25) is 0 Å². The lowest BCUT2D eigenvalue weighted by Gasteiger charge is -2.29. The smallest absolute Gasteiger partial charge is 0.0424 e. The number of likely N-dealkylation sites (N-methyl/N-ethyl adjacent to an activating group) is 1. The third-order valence-electron chi connectivity index (χ3n) is 2.44. The molecular weight excluding hydrogens is 178 g/mol. The molecule has 1 atom stereocenters. The normalized spacial score (nSPS) is 24.5. The van der Waals surface area contributed by atoms with Gasteiger partial charge in [-0.15, -0.1) is 0 Å². The van der Waals surface area contributed by atoms with Crippen molar-refractivity contribution in [1.29, 1.82) is 0 Å². The first-order chi connectivity index (χ1) is 6.36. The minimum absolute atomic E-state index is 0.681. The zero-order valence-electron chi connectivity index (χ0n) is 7.94. The average molecular weight is 193 g/mol. The van der Waals surface area contributed by atoms with Crippen LogP contribution in [0.5, 0.6) is 0 Å². The number of thioether (sulfide) groups is 1. The molecule has 0 aromatic heterocycles. The van der Waals surface area contributed by atoms with E-state index in [9.17, 15) is 0 Å². The van der Waals surface area contributed by atoms with Crippen LogP contribution < -0.4 is 0 Å². The molecule has 1 aromatic carbocycles. The van der Waals surface area contributed by atoms with Crippen LogP contribution in [0.15, 0.2) is 30.3 Å². The molecule has 0 saturated carbocycles. The molecule has 1 nitrogen and oxygen atoms in total. The van der Waals surface area contributed by atoms with Crippen LogP contribution >= 0.6 is 11.8 Å². The zero-order chi connectivity index (χ0) is 9.10. The highest BCUT2D eigenvalue weighted by Gasteiger charge is 2.18. The minimum Gasteiger partial charge on any atom is -0.304 e. The zero-order valence-corrected chi connectivity index (χ0v) is 8.76. The van der Waals surface area contributed by atoms with Crippen LogP contribution in [0, 0.1) is 0 Å². The Morgan fingerprint density at radius 1 is 1.31 bits per heavy atom. The SMILES string of the molecule is CN1CCS[C@@H](c2ccccc2)C1. The second kappa shape index (κ2) is 4.16. The molecule has 0 bridgehead atoms. The van der Waals surface area contributed by atoms with Crippen molar-refractivity contribution >= 4 is 11.8 Å². The van der Waals surface area contributed by atoms with Crippen LogP contribution in [-0.4, -0.2) is 30.8 Å². The van der Waals surface area contributed by atoms with E-state index in [1.165, 1.54) is 24.4 Å². The maximum Gasteiger partial charge on any atom is 0.0424 e. The van der Waals surface area contributed by atoms with Crippen LogP contribution in [0.2, 0.25) is 0 Å². The molecule has 0 amide bonds. The molecule has 1 heterocycles. The highest BCUT2D eigenvalue weighted by molar-refractivity contribution is 7.99. The lowest BCUT2D eigenvalue weighted by atomic mass is 10.1. The molecule has 0 N–H and O–H groups in total. The minimum atomic E-state index is 0.681. The van der Waals surface area contributed by atoms with Crippen molar-refractivity contribution in [1.82, 2.24) is 4.90 Å². The first kappa shape index (κ1) is 9.10. The number of nitrogens with zero attached hydrogens (tertiary/aromatic N) is 1. The van der Waals surface area contributed by atoms with Crippen LogP contribution in [0.3, 0.4) is 0 Å². The van der Waals surface area contributed by atoms with Gasteiger partial charge in [-0.1, -0.05) is 30.3 Å². The average Bonchev–Trinajstić information content (AvgIpc) is 2.19. The maximum absolute atomic E-state index is 2.41. The largest absolute Gasteiger partial charge is 0.304 e. The predicted molar refractivity (Wildman–Crippen MR) is 59.1 cm³/mol. The number of hydrogen-bond acceptors (Lipinski definition) is 2. The Bertz CT molecular complexity index is 260. The summed E-state index contributed by atoms with van der Waals surface area (Å²) in [5.74, 6) is 1.26. The van der Waals surface area contributed by atoms with Gasteiger partial charge in [0.15, 0.2) is 0 Å². The summed E-state index contributed by atoms with van der Waals surface area (Å²) in [5.41, 5.74) is 1.47. The van der Waals surface area contributed by atoms with Gasteiger partial charge in [0, 0.05) is 24.1 Å². The second-order valence-corrected chi connectivity index (χ2v) is 4.84. The topological polar surface area (TPSA) is 3.24 Å². The van der Waals surface area contributed by atoms with Crippen molar-refractivity contribution in [2.75, 3.05) is 25.9 Å². The Morgan fingerprint density at radius 2 is 2.08 bits per heavy atom. The fourth-order valence-electron chi connectivity index (χ4n) is 1.65. The van der Waals surface area contributed by atoms with Gasteiger partial charge in [0.1, 0.15) is 0 Å². The standard InChI is InChI=1S/C11H15NS/c1-12-7-8-13-11(9-12)10-5-3-2-4-6-10/h2-6,11H,7-9H2,1H3/t11-/m1/s1. The maximum atomic E-state index is 2.41. The Balaban J connectivity index is 2.08. The van der Waals surface area contributed by atoms with E-state index in [0.717, 1.165) is 0 Å². The number of hydrogen-bond donors (Lipinski definition) is 0. The molecular formula is C11H15NS. The lowest BCUT2D eigenvalue weighted by molar-refractivity contribution is 0.347. The number of benzene rings is 1. The summed E-state index contributed by atoms with van der Waals surface area (Å²) >= 11 is 2.08. The van der Waals surface area contributed by atoms with Crippen molar-refractivity contribution in [3.8, 4) is 0 Å². The quantitative estimate of drug-likeness (QED) is 0.674. The Kier molecular flexibility index (Phi) is 2.91. The molecule has 0 spiro atoms. The summed E-state index contributed by atoms with van der Waals surface area (Å²) in [4.78, 5) is 2.41. The summed E-state index contributed by atoms with van der Waals surface area (Å²) in [7, 11) is 2.20. The molecule has 2 rings (SSSR count). The first-order valence-electron chi connectivity index (χ1n) is 4.71. The lowest BCUT2D eigenvalue weighted by Crippen LogP contribution is -2.30. The van der Waals surface area contributed by atoms with Gasteiger partial charge >= 0.3 is 0 Å². The van der Waals surface area contributed by atoms with Crippen molar-refractivity contribution < 1.29 is 0 Å². The van der Waals surface area contributed by atoms with E-state index in [1.54, 1.807) is 0 Å². The van der Waals surface area contributed by atoms with Gasteiger partial charge in [-0.25, -0.2) is 0 Å². The molecule has 0 aliphatic carbocycles. The van der Waals surface area contributed by atoms with Crippen molar-refractivity contribution in [3.63, 3.8) is 0 Å². The highest BCUT2D eigenvalue weighted by Crippen LogP contribution is 2.32. The monoisotopic (exact) mass is 193 g/mol. The van der Waals surface area contributed by atoms with Crippen LogP contribution in [0.25, 0.3) is 0 Å². The third-order valence-corrected chi connectivity index (χ3v) is 3.68. The van der Waals surface area contributed by atoms with Gasteiger partial charge in [0.2, 0.25) is 0 Å². The Labute approximate surface area is 84.1 Å². The molecule has 1 saturated heterocycles. The summed E-state index contributed by atoms with van der Waals surface area (Å²) < 4.78 is 0. The molecule has 0 radical (unpaired) electrons. The van der Waals surface area contributed by atoms with E-state index in [-0.39, 0.29) is 0 Å². The molecule has 70 valence electrons. The van der Waals surface area contributed by atoms with Crippen molar-refractivity contribution in [2.45, 2.75) is 5.25 Å². The van der Waals surface area contributed by atoms with E-state index in [0.29, 0.717) is 5.25 Å². The Hall–Kier alpha value is -0.470. The van der Waals surface area contributed by atoms with Gasteiger partial charge in [-0.05, 0) is 12.6 Å². The summed E-state index contributed by atoms with van der Waals surface area (Å²) in [6, 6.07) is 10.8. The van der Waals surface area contributed by atoms with E-state index in [4.69, 9.17) is 0 Å². The molecule has 1 aromatic rings. The van der Waals surface area contributed by atoms with Gasteiger partial charge < -0.3 is 4.90 Å². The highest BCUT2D eigenvalue weighted by atomic mass is 32.2. The fraction of sp³-hybridized carbons (Fsp3) is 0.455. The predicted octanol–water partition coefficient (Wildman–Crippen LogP) is 2.41. The fourth-order valence-corrected chi connectivity index (χ4v) is 3.06. The molecule has 1 aliphatic rings. The summed E-state index contributed by atoms with van der Waals surface area (Å²) in [6.07, 6.45) is 0. The van der Waals surface area contributed by atoms with E-state index in [1.807, 2.05) is 0 Å². The van der Waals surface area contributed by atoms with Crippen LogP contribution in [0.1, 0.15) is 10.8 Å². The number of rotatable bonds is 1. The van der Waals surface area contributed by atoms with Crippen LogP contribution in [-0.2, 0) is 0 Å². The van der Waals surface area contributed by atoms with E-state index < -0.39 is 0 Å². The third kappa shape index (κ3) is 2.26. The van der Waals surface area contributed by atoms with Gasteiger partial charge in [0.05, 0.1) is 0 Å². The molecule has 13 heavy (non-hydrogen) atoms. The second-order valence-electron chi connectivity index (χ2n) is 3.53. The Morgan fingerprint density at radius 3 is 2.77 bits per heavy atom. The summed E-state index contributed by atoms with van der Waals surface area (Å²) in [6.45, 7) is 2.42. The van der Waals surface area contributed by atoms with Crippen molar-refractivity contribution in [2.24, 2.45) is 0 Å².